The Morgan fingerprint density at radius 2 is 2.25 bits per heavy atom. The molecule has 2 rings (SSSR count). The third-order valence-corrected chi connectivity index (χ3v) is 5.21. The van der Waals surface area contributed by atoms with Gasteiger partial charge in [-0.15, -0.1) is 23.7 Å². The van der Waals surface area contributed by atoms with E-state index in [9.17, 15) is 4.79 Å². The van der Waals surface area contributed by atoms with Crippen LogP contribution in [0.15, 0.2) is 28.9 Å². The molecule has 24 heavy (non-hydrogen) atoms. The lowest BCUT2D eigenvalue weighted by Gasteiger charge is -2.11. The first-order valence-corrected chi connectivity index (χ1v) is 8.85. The van der Waals surface area contributed by atoms with Gasteiger partial charge in [0.05, 0.1) is 12.5 Å². The molecule has 0 bridgehead atoms. The monoisotopic (exact) mass is 433 g/mol. The fourth-order valence-corrected chi connectivity index (χ4v) is 3.21. The second kappa shape index (κ2) is 10.1. The number of anilines is 1. The maximum Gasteiger partial charge on any atom is 0.228 e. The van der Waals surface area contributed by atoms with Gasteiger partial charge in [0.15, 0.2) is 5.13 Å². The molecular weight excluding hydrogens is 414 g/mol. The number of nitrogens with two attached hydrogens (primary N) is 1. The summed E-state index contributed by atoms with van der Waals surface area (Å²) in [6.45, 7) is 2.38. The van der Waals surface area contributed by atoms with Gasteiger partial charge in [0.1, 0.15) is 0 Å². The van der Waals surface area contributed by atoms with Gasteiger partial charge in [-0.2, -0.15) is 0 Å². The molecule has 1 unspecified atom stereocenters. The highest BCUT2D eigenvalue weighted by Crippen LogP contribution is 2.24. The number of rotatable bonds is 7. The number of aromatic nitrogens is 1. The van der Waals surface area contributed by atoms with Gasteiger partial charge in [-0.1, -0.05) is 28.1 Å². The molecule has 3 N–H and O–H groups in total. The second-order valence-corrected chi connectivity index (χ2v) is 7.21. The van der Waals surface area contributed by atoms with Crippen LogP contribution < -0.4 is 11.1 Å². The molecule has 0 aliphatic rings. The number of carbonyl (C=O) groups is 1. The van der Waals surface area contributed by atoms with Crippen molar-refractivity contribution in [1.29, 1.82) is 0 Å². The van der Waals surface area contributed by atoms with Crippen LogP contribution in [0, 0.1) is 6.92 Å². The standard InChI is InChI=1S/C16H20BrN3O2S.ClH/c1-10-5-11(3-4-14(10)17)6-13-9-19-16(23-13)20-15(21)7-12(8-18)22-2;/h3-5,9,12H,6-8,18H2,1-2H3,(H,19,20,21);1H. The minimum absolute atomic E-state index is 0. The molecular formula is C16H21BrClN3O2S. The Labute approximate surface area is 160 Å². The lowest BCUT2D eigenvalue weighted by atomic mass is 10.1. The third kappa shape index (κ3) is 6.14. The van der Waals surface area contributed by atoms with E-state index in [0.29, 0.717) is 11.7 Å². The summed E-state index contributed by atoms with van der Waals surface area (Å²) in [5, 5.41) is 3.40. The molecule has 1 heterocycles. The van der Waals surface area contributed by atoms with Crippen molar-refractivity contribution in [2.24, 2.45) is 5.73 Å². The normalized spacial score (nSPS) is 11.7. The van der Waals surface area contributed by atoms with Crippen molar-refractivity contribution < 1.29 is 9.53 Å². The van der Waals surface area contributed by atoms with E-state index in [1.807, 2.05) is 6.07 Å². The Balaban J connectivity index is 0.00000288. The molecule has 0 saturated heterocycles. The van der Waals surface area contributed by atoms with E-state index >= 15 is 0 Å². The Morgan fingerprint density at radius 1 is 1.50 bits per heavy atom. The van der Waals surface area contributed by atoms with E-state index in [0.717, 1.165) is 15.8 Å². The summed E-state index contributed by atoms with van der Waals surface area (Å²) < 4.78 is 6.21. The van der Waals surface area contributed by atoms with E-state index in [4.69, 9.17) is 10.5 Å². The average Bonchev–Trinajstić information content (AvgIpc) is 2.95. The summed E-state index contributed by atoms with van der Waals surface area (Å²) >= 11 is 4.98. The SMILES string of the molecule is COC(CN)CC(=O)Nc1ncc(Cc2ccc(Br)c(C)c2)s1.Cl. The van der Waals surface area contributed by atoms with Crippen molar-refractivity contribution in [3.63, 3.8) is 0 Å². The van der Waals surface area contributed by atoms with E-state index in [1.165, 1.54) is 22.5 Å². The topological polar surface area (TPSA) is 77.2 Å². The van der Waals surface area contributed by atoms with Crippen molar-refractivity contribution in [2.45, 2.75) is 25.9 Å². The van der Waals surface area contributed by atoms with Crippen molar-refractivity contribution in [2.75, 3.05) is 19.0 Å². The lowest BCUT2D eigenvalue weighted by Crippen LogP contribution is -2.28. The maximum atomic E-state index is 11.9. The number of aryl methyl sites for hydroxylation is 1. The van der Waals surface area contributed by atoms with Crippen molar-refractivity contribution in [3.05, 3.63) is 44.9 Å². The third-order valence-electron chi connectivity index (χ3n) is 3.41. The molecule has 5 nitrogen and oxygen atoms in total. The van der Waals surface area contributed by atoms with Gasteiger partial charge in [-0.3, -0.25) is 4.79 Å². The zero-order valence-electron chi connectivity index (χ0n) is 13.5. The van der Waals surface area contributed by atoms with Crippen molar-refractivity contribution >= 4 is 50.7 Å². The van der Waals surface area contributed by atoms with Crippen LogP contribution in [0.5, 0.6) is 0 Å². The number of nitrogens with one attached hydrogen (secondary N) is 1. The molecule has 132 valence electrons. The molecule has 1 aromatic heterocycles. The van der Waals surface area contributed by atoms with Crippen LogP contribution in [0.25, 0.3) is 0 Å². The van der Waals surface area contributed by atoms with Crippen molar-refractivity contribution in [3.8, 4) is 0 Å². The number of nitrogens with zero attached hydrogens (tertiary/aromatic N) is 1. The number of methoxy groups -OCH3 is 1. The van der Waals surface area contributed by atoms with Crippen LogP contribution in [0.1, 0.15) is 22.4 Å². The van der Waals surface area contributed by atoms with Gasteiger partial charge >= 0.3 is 0 Å². The molecule has 1 atom stereocenters. The largest absolute Gasteiger partial charge is 0.380 e. The fourth-order valence-electron chi connectivity index (χ4n) is 2.10. The summed E-state index contributed by atoms with van der Waals surface area (Å²) in [7, 11) is 1.55. The van der Waals surface area contributed by atoms with Crippen LogP contribution in [-0.4, -0.2) is 30.6 Å². The van der Waals surface area contributed by atoms with E-state index in [-0.39, 0.29) is 30.8 Å². The second-order valence-electron chi connectivity index (χ2n) is 5.24. The van der Waals surface area contributed by atoms with E-state index in [2.05, 4.69) is 45.3 Å². The number of benzene rings is 1. The number of thiazole rings is 1. The predicted molar refractivity (Wildman–Crippen MR) is 104 cm³/mol. The summed E-state index contributed by atoms with van der Waals surface area (Å²) in [4.78, 5) is 17.3. The fraction of sp³-hybridized carbons (Fsp3) is 0.375. The minimum Gasteiger partial charge on any atom is -0.380 e. The minimum atomic E-state index is -0.264. The molecule has 0 aliphatic carbocycles. The first-order valence-electron chi connectivity index (χ1n) is 7.24. The first-order chi connectivity index (χ1) is 11.0. The summed E-state index contributed by atoms with van der Waals surface area (Å²) in [6, 6.07) is 6.28. The van der Waals surface area contributed by atoms with Crippen LogP contribution in [0.4, 0.5) is 5.13 Å². The lowest BCUT2D eigenvalue weighted by molar-refractivity contribution is -0.118. The van der Waals surface area contributed by atoms with Crippen LogP contribution >= 0.6 is 39.7 Å². The Bertz CT molecular complexity index is 677. The summed E-state index contributed by atoms with van der Waals surface area (Å²) in [6.07, 6.45) is 2.56. The zero-order valence-corrected chi connectivity index (χ0v) is 16.8. The smallest absolute Gasteiger partial charge is 0.228 e. The maximum absolute atomic E-state index is 11.9. The van der Waals surface area contributed by atoms with E-state index < -0.39 is 0 Å². The van der Waals surface area contributed by atoms with E-state index in [1.54, 1.807) is 13.3 Å². The van der Waals surface area contributed by atoms with Crippen molar-refractivity contribution in [1.82, 2.24) is 4.98 Å². The first kappa shape index (κ1) is 21.1. The molecule has 0 radical (unpaired) electrons. The van der Waals surface area contributed by atoms with Gasteiger partial charge in [-0.05, 0) is 24.1 Å². The number of amides is 1. The molecule has 1 amide bonds. The van der Waals surface area contributed by atoms with Gasteiger partial charge < -0.3 is 15.8 Å². The van der Waals surface area contributed by atoms with Gasteiger partial charge in [0.2, 0.25) is 5.91 Å². The molecule has 0 spiro atoms. The Kier molecular flexibility index (Phi) is 8.86. The molecule has 1 aromatic carbocycles. The molecule has 0 saturated carbocycles. The number of halogens is 2. The van der Waals surface area contributed by atoms with Gasteiger partial charge in [0, 0.05) is 35.6 Å². The van der Waals surface area contributed by atoms with Crippen LogP contribution in [0.2, 0.25) is 0 Å². The van der Waals surface area contributed by atoms with Gasteiger partial charge in [0.25, 0.3) is 0 Å². The molecule has 0 fully saturated rings. The number of hydrogen-bond acceptors (Lipinski definition) is 5. The summed E-state index contributed by atoms with van der Waals surface area (Å²) in [5.74, 6) is -0.136. The van der Waals surface area contributed by atoms with Gasteiger partial charge in [-0.25, -0.2) is 4.98 Å². The highest BCUT2D eigenvalue weighted by molar-refractivity contribution is 9.10. The van der Waals surface area contributed by atoms with Crippen LogP contribution in [-0.2, 0) is 16.0 Å². The number of carbonyl (C=O) groups excluding carboxylic acids is 1. The number of ether oxygens (including phenoxy) is 1. The highest BCUT2D eigenvalue weighted by Gasteiger charge is 2.13. The molecule has 2 aromatic rings. The zero-order chi connectivity index (χ0) is 16.8. The quantitative estimate of drug-likeness (QED) is 0.699. The van der Waals surface area contributed by atoms with Crippen LogP contribution in [0.3, 0.4) is 0 Å². The molecule has 0 aliphatic heterocycles. The highest BCUT2D eigenvalue weighted by atomic mass is 79.9. The molecule has 8 heteroatoms. The summed E-state index contributed by atoms with van der Waals surface area (Å²) in [5.41, 5.74) is 7.94. The average molecular weight is 435 g/mol. The Hall–Kier alpha value is -0.990. The number of hydrogen-bond donors (Lipinski definition) is 2. The predicted octanol–water partition coefficient (Wildman–Crippen LogP) is 3.53. The Morgan fingerprint density at radius 3 is 2.88 bits per heavy atom.